The highest BCUT2D eigenvalue weighted by Crippen LogP contribution is 2.31. The quantitative estimate of drug-likeness (QED) is 0.474. The van der Waals surface area contributed by atoms with Gasteiger partial charge in [-0.1, -0.05) is 12.1 Å². The van der Waals surface area contributed by atoms with Gasteiger partial charge < -0.3 is 10.5 Å². The van der Waals surface area contributed by atoms with E-state index in [4.69, 9.17) is 10.5 Å². The van der Waals surface area contributed by atoms with Crippen LogP contribution in [0.2, 0.25) is 0 Å². The van der Waals surface area contributed by atoms with E-state index in [2.05, 4.69) is 4.98 Å². The van der Waals surface area contributed by atoms with Gasteiger partial charge in [-0.25, -0.2) is 4.21 Å². The highest BCUT2D eigenvalue weighted by atomic mass is 32.2. The molecule has 0 radical (unpaired) electrons. The first-order valence-corrected chi connectivity index (χ1v) is 7.81. The van der Waals surface area contributed by atoms with Crippen molar-refractivity contribution in [2.24, 2.45) is 0 Å². The molecule has 2 aromatic rings. The molecule has 0 amide bonds. The number of nitrogens with two attached hydrogens (primary N) is 1. The molecule has 0 bridgehead atoms. The zero-order valence-corrected chi connectivity index (χ0v) is 13.3. The zero-order chi connectivity index (χ0) is 16.8. The maximum Gasteiger partial charge on any atom is 0.307 e. The molecule has 0 spiro atoms. The minimum Gasteiger partial charge on any atom is -0.469 e. The van der Waals surface area contributed by atoms with E-state index in [1.165, 1.54) is 17.6 Å². The molecule has 2 rings (SSSR count). The molecular formula is C15H17N3O4S. The average Bonchev–Trinajstić information content (AvgIpc) is 2.55. The van der Waals surface area contributed by atoms with Gasteiger partial charge in [0.05, 0.1) is 31.5 Å². The standard InChI is InChI=1S/C15H17N3O4S/c1-22-15(19)9-14(11-4-6-12(16)7-5-11)18(23(20)21)13-3-2-8-17-10-13/h2-8,10,14H,9,16H2,1H3,(H,20,21). The van der Waals surface area contributed by atoms with Crippen LogP contribution in [0.15, 0.2) is 48.8 Å². The number of hydrogen-bond acceptors (Lipinski definition) is 5. The van der Waals surface area contributed by atoms with Crippen molar-refractivity contribution < 1.29 is 18.3 Å². The summed E-state index contributed by atoms with van der Waals surface area (Å²) in [5, 5.41) is 0. The number of carbonyl (C=O) groups excluding carboxylic acids is 1. The predicted molar refractivity (Wildman–Crippen MR) is 87.7 cm³/mol. The van der Waals surface area contributed by atoms with E-state index in [1.807, 2.05) is 0 Å². The minimum absolute atomic E-state index is 0.0956. The van der Waals surface area contributed by atoms with E-state index in [1.54, 1.807) is 42.6 Å². The Kier molecular flexibility index (Phi) is 5.67. The number of ether oxygens (including phenoxy) is 1. The first-order chi connectivity index (χ1) is 11.0. The number of methoxy groups -OCH3 is 1. The smallest absolute Gasteiger partial charge is 0.307 e. The summed E-state index contributed by atoms with van der Waals surface area (Å²) in [6.07, 6.45) is 2.91. The average molecular weight is 335 g/mol. The van der Waals surface area contributed by atoms with Crippen LogP contribution in [0.3, 0.4) is 0 Å². The van der Waals surface area contributed by atoms with Crippen molar-refractivity contribution in [3.63, 3.8) is 0 Å². The summed E-state index contributed by atoms with van der Waals surface area (Å²) in [6, 6.07) is 9.34. The number of benzene rings is 1. The lowest BCUT2D eigenvalue weighted by Crippen LogP contribution is -2.32. The molecule has 1 aromatic carbocycles. The van der Waals surface area contributed by atoms with Gasteiger partial charge in [0.15, 0.2) is 0 Å². The molecule has 3 N–H and O–H groups in total. The fourth-order valence-corrected chi connectivity index (χ4v) is 2.86. The highest BCUT2D eigenvalue weighted by Gasteiger charge is 2.28. The van der Waals surface area contributed by atoms with Crippen molar-refractivity contribution in [2.45, 2.75) is 12.5 Å². The zero-order valence-electron chi connectivity index (χ0n) is 12.5. The fourth-order valence-electron chi connectivity index (χ4n) is 2.16. The number of pyridine rings is 1. The van der Waals surface area contributed by atoms with Crippen LogP contribution in [-0.2, 0) is 20.8 Å². The number of esters is 1. The van der Waals surface area contributed by atoms with Crippen LogP contribution in [0, 0.1) is 0 Å². The molecule has 122 valence electrons. The minimum atomic E-state index is -2.35. The second kappa shape index (κ2) is 7.70. The molecule has 0 fully saturated rings. The van der Waals surface area contributed by atoms with Crippen molar-refractivity contribution in [1.82, 2.24) is 4.98 Å². The van der Waals surface area contributed by atoms with Gasteiger partial charge in [-0.2, -0.15) is 0 Å². The van der Waals surface area contributed by atoms with Crippen LogP contribution < -0.4 is 10.0 Å². The molecule has 8 heteroatoms. The number of hydrogen-bond donors (Lipinski definition) is 2. The topological polar surface area (TPSA) is 106 Å². The maximum absolute atomic E-state index is 11.9. The van der Waals surface area contributed by atoms with Gasteiger partial charge in [-0.05, 0) is 29.8 Å². The molecule has 2 unspecified atom stereocenters. The second-order valence-corrected chi connectivity index (χ2v) is 5.59. The lowest BCUT2D eigenvalue weighted by molar-refractivity contribution is -0.141. The molecule has 1 heterocycles. The Bertz CT molecular complexity index is 679. The van der Waals surface area contributed by atoms with E-state index in [0.717, 1.165) is 0 Å². The molecule has 23 heavy (non-hydrogen) atoms. The molecule has 0 aliphatic rings. The summed E-state index contributed by atoms with van der Waals surface area (Å²) < 4.78 is 27.5. The van der Waals surface area contributed by atoms with Crippen molar-refractivity contribution >= 4 is 28.6 Å². The van der Waals surface area contributed by atoms with Gasteiger partial charge >= 0.3 is 5.97 Å². The molecular weight excluding hydrogens is 318 g/mol. The van der Waals surface area contributed by atoms with Crippen molar-refractivity contribution in [3.8, 4) is 0 Å². The number of aromatic nitrogens is 1. The SMILES string of the molecule is COC(=O)CC(c1ccc(N)cc1)N(c1cccnc1)S(=O)O. The number of nitrogen functional groups attached to an aromatic ring is 1. The van der Waals surface area contributed by atoms with Crippen LogP contribution in [0.25, 0.3) is 0 Å². The summed E-state index contributed by atoms with van der Waals surface area (Å²) in [5.74, 6) is -0.494. The molecule has 0 aliphatic carbocycles. The lowest BCUT2D eigenvalue weighted by Gasteiger charge is -2.29. The third-order valence-corrected chi connectivity index (χ3v) is 4.06. The van der Waals surface area contributed by atoms with Gasteiger partial charge in [0.2, 0.25) is 0 Å². The summed E-state index contributed by atoms with van der Waals surface area (Å²) in [7, 11) is 1.27. The van der Waals surface area contributed by atoms with E-state index in [9.17, 15) is 13.6 Å². The monoisotopic (exact) mass is 335 g/mol. The molecule has 0 aliphatic heterocycles. The third kappa shape index (κ3) is 4.27. The molecule has 2 atom stereocenters. The Labute approximate surface area is 136 Å². The van der Waals surface area contributed by atoms with Crippen LogP contribution in [0.1, 0.15) is 18.0 Å². The molecule has 0 saturated heterocycles. The molecule has 7 nitrogen and oxygen atoms in total. The van der Waals surface area contributed by atoms with Gasteiger partial charge in [-0.3, -0.25) is 18.6 Å². The molecule has 1 aromatic heterocycles. The van der Waals surface area contributed by atoms with E-state index in [0.29, 0.717) is 16.9 Å². The largest absolute Gasteiger partial charge is 0.469 e. The number of nitrogens with zero attached hydrogens (tertiary/aromatic N) is 2. The predicted octanol–water partition coefficient (Wildman–Crippen LogP) is 1.91. The Morgan fingerprint density at radius 1 is 1.39 bits per heavy atom. The summed E-state index contributed by atoms with van der Waals surface area (Å²) in [6.45, 7) is 0. The summed E-state index contributed by atoms with van der Waals surface area (Å²) >= 11 is -2.35. The Morgan fingerprint density at radius 3 is 2.61 bits per heavy atom. The van der Waals surface area contributed by atoms with Crippen LogP contribution >= 0.6 is 0 Å². The highest BCUT2D eigenvalue weighted by molar-refractivity contribution is 7.80. The fraction of sp³-hybridized carbons (Fsp3) is 0.200. The Hall–Kier alpha value is -2.45. The van der Waals surface area contributed by atoms with Gasteiger partial charge in [0, 0.05) is 11.9 Å². The van der Waals surface area contributed by atoms with Gasteiger partial charge in [0.25, 0.3) is 11.3 Å². The first kappa shape index (κ1) is 16.9. The molecule has 0 saturated carbocycles. The van der Waals surface area contributed by atoms with Crippen molar-refractivity contribution in [3.05, 3.63) is 54.4 Å². The first-order valence-electron chi connectivity index (χ1n) is 6.75. The van der Waals surface area contributed by atoms with E-state index in [-0.39, 0.29) is 6.42 Å². The van der Waals surface area contributed by atoms with Gasteiger partial charge in [0.1, 0.15) is 0 Å². The van der Waals surface area contributed by atoms with E-state index >= 15 is 0 Å². The Balaban J connectivity index is 2.46. The maximum atomic E-state index is 11.9. The Morgan fingerprint density at radius 2 is 2.09 bits per heavy atom. The van der Waals surface area contributed by atoms with Gasteiger partial charge in [-0.15, -0.1) is 0 Å². The normalized spacial score (nSPS) is 13.1. The van der Waals surface area contributed by atoms with Crippen molar-refractivity contribution in [2.75, 3.05) is 17.1 Å². The van der Waals surface area contributed by atoms with Crippen LogP contribution in [0.4, 0.5) is 11.4 Å². The second-order valence-electron chi connectivity index (χ2n) is 4.73. The summed E-state index contributed by atoms with van der Waals surface area (Å²) in [5.41, 5.74) is 7.31. The van der Waals surface area contributed by atoms with Crippen LogP contribution in [-0.4, -0.2) is 26.8 Å². The lowest BCUT2D eigenvalue weighted by atomic mass is 10.0. The van der Waals surface area contributed by atoms with E-state index < -0.39 is 23.3 Å². The van der Waals surface area contributed by atoms with Crippen molar-refractivity contribution in [1.29, 1.82) is 0 Å². The third-order valence-electron chi connectivity index (χ3n) is 3.26. The summed E-state index contributed by atoms with van der Waals surface area (Å²) in [4.78, 5) is 15.7. The number of anilines is 2. The van der Waals surface area contributed by atoms with Crippen LogP contribution in [0.5, 0.6) is 0 Å². The number of rotatable bonds is 6. The number of carbonyl (C=O) groups is 1.